The molecular formula is C4H8NOS. The maximum Gasteiger partial charge on any atom is 0.312 e. The number of nitrogens with zero attached hydrogens (tertiary/aromatic N) is 1. The van der Waals surface area contributed by atoms with Crippen molar-refractivity contribution in [3.8, 4) is 0 Å². The normalized spacial score (nSPS) is 8.29. The van der Waals surface area contributed by atoms with Crippen LogP contribution in [0.15, 0.2) is 0 Å². The Hall–Kier alpha value is -0.180. The molecule has 0 aliphatic heterocycles. The molecular weight excluding hydrogens is 110 g/mol. The van der Waals surface area contributed by atoms with Crippen molar-refractivity contribution in [2.24, 2.45) is 0 Å². The van der Waals surface area contributed by atoms with E-state index in [9.17, 15) is 4.79 Å². The lowest BCUT2D eigenvalue weighted by molar-refractivity contribution is 0.474. The van der Waals surface area contributed by atoms with Gasteiger partial charge in [0.25, 0.3) is 0 Å². The van der Waals surface area contributed by atoms with Crippen LogP contribution in [0.4, 0.5) is 0 Å². The first-order valence-corrected chi connectivity index (χ1v) is 3.28. The molecule has 0 unspecified atom stereocenters. The molecule has 0 aliphatic carbocycles. The number of amides is 1. The molecule has 0 aromatic heterocycles. The number of hydrogen-bond acceptors (Lipinski definition) is 2. The molecule has 0 heterocycles. The Balaban J connectivity index is 2.98. The molecule has 41 valence electrons. The van der Waals surface area contributed by atoms with Crippen molar-refractivity contribution in [3.63, 3.8) is 0 Å². The van der Waals surface area contributed by atoms with E-state index in [1.165, 1.54) is 4.90 Å². The quantitative estimate of drug-likeness (QED) is 0.392. The lowest BCUT2D eigenvalue weighted by Crippen LogP contribution is -2.13. The number of hydrogen-bond donors (Lipinski definition) is 0. The van der Waals surface area contributed by atoms with Gasteiger partial charge in [0.1, 0.15) is 0 Å². The van der Waals surface area contributed by atoms with Gasteiger partial charge in [0.2, 0.25) is 0 Å². The summed E-state index contributed by atoms with van der Waals surface area (Å²) in [5.74, 6) is 0.726. The minimum Gasteiger partial charge on any atom is -0.328 e. The van der Waals surface area contributed by atoms with Crippen LogP contribution in [0.5, 0.6) is 0 Å². The van der Waals surface area contributed by atoms with Gasteiger partial charge in [0.15, 0.2) is 0 Å². The maximum absolute atomic E-state index is 9.68. The smallest absolute Gasteiger partial charge is 0.312 e. The van der Waals surface area contributed by atoms with E-state index < -0.39 is 0 Å². The third-order valence-electron chi connectivity index (χ3n) is 0.479. The standard InChI is InChI=1S/C4H8NOS/c1-5(3-6)4-7-2/h4H2,1-2H3. The van der Waals surface area contributed by atoms with Crippen molar-refractivity contribution in [3.05, 3.63) is 0 Å². The lowest BCUT2D eigenvalue weighted by Gasteiger charge is -2.03. The highest BCUT2D eigenvalue weighted by Gasteiger charge is 1.87. The SMILES string of the molecule is CSCN(C)[C]=O. The van der Waals surface area contributed by atoms with Gasteiger partial charge in [-0.05, 0) is 6.26 Å². The fourth-order valence-electron chi connectivity index (χ4n) is 0.220. The van der Waals surface area contributed by atoms with Gasteiger partial charge in [-0.25, -0.2) is 0 Å². The molecule has 0 bridgehead atoms. The summed E-state index contributed by atoms with van der Waals surface area (Å²) < 4.78 is 0. The van der Waals surface area contributed by atoms with Crippen LogP contribution in [0.25, 0.3) is 0 Å². The Labute approximate surface area is 47.9 Å². The highest BCUT2D eigenvalue weighted by atomic mass is 32.2. The molecule has 0 aliphatic rings. The average molecular weight is 118 g/mol. The third kappa shape index (κ3) is 3.66. The first-order valence-electron chi connectivity index (χ1n) is 1.89. The Morgan fingerprint density at radius 2 is 2.43 bits per heavy atom. The number of rotatable bonds is 3. The molecule has 0 aromatic carbocycles. The zero-order chi connectivity index (χ0) is 5.70. The molecule has 0 saturated carbocycles. The monoisotopic (exact) mass is 118 g/mol. The van der Waals surface area contributed by atoms with Crippen LogP contribution in [-0.2, 0) is 4.79 Å². The molecule has 0 aromatic rings. The van der Waals surface area contributed by atoms with E-state index in [2.05, 4.69) is 0 Å². The van der Waals surface area contributed by atoms with Gasteiger partial charge in [-0.15, -0.1) is 11.8 Å². The molecule has 1 amide bonds. The van der Waals surface area contributed by atoms with Gasteiger partial charge in [-0.2, -0.15) is 0 Å². The van der Waals surface area contributed by atoms with Crippen LogP contribution in [-0.4, -0.2) is 30.5 Å². The highest BCUT2D eigenvalue weighted by Crippen LogP contribution is 1.90. The van der Waals surface area contributed by atoms with Crippen LogP contribution >= 0.6 is 11.8 Å². The molecule has 3 heteroatoms. The average Bonchev–Trinajstić information content (AvgIpc) is 1.68. The predicted octanol–water partition coefficient (Wildman–Crippen LogP) is 0.306. The minimum atomic E-state index is 0.726. The summed E-state index contributed by atoms with van der Waals surface area (Å²) in [6.07, 6.45) is 3.67. The summed E-state index contributed by atoms with van der Waals surface area (Å²) in [5, 5.41) is 0. The van der Waals surface area contributed by atoms with E-state index in [0.29, 0.717) is 0 Å². The predicted molar refractivity (Wildman–Crippen MR) is 31.8 cm³/mol. The first-order chi connectivity index (χ1) is 3.31. The molecule has 1 radical (unpaired) electrons. The fourth-order valence-corrected chi connectivity index (χ4v) is 0.660. The van der Waals surface area contributed by atoms with E-state index in [4.69, 9.17) is 0 Å². The van der Waals surface area contributed by atoms with Gasteiger partial charge in [-0.3, -0.25) is 4.79 Å². The Kier molecular flexibility index (Phi) is 3.89. The molecule has 0 rings (SSSR count). The Bertz CT molecular complexity index is 57.7. The second-order valence-electron chi connectivity index (χ2n) is 1.21. The van der Waals surface area contributed by atoms with Gasteiger partial charge in [0, 0.05) is 7.05 Å². The van der Waals surface area contributed by atoms with Gasteiger partial charge >= 0.3 is 6.41 Å². The van der Waals surface area contributed by atoms with Gasteiger partial charge in [-0.1, -0.05) is 0 Å². The Morgan fingerprint density at radius 1 is 1.86 bits per heavy atom. The summed E-state index contributed by atoms with van der Waals surface area (Å²) in [5.41, 5.74) is 0. The second-order valence-corrected chi connectivity index (χ2v) is 2.04. The molecule has 0 spiro atoms. The first kappa shape index (κ1) is 6.82. The number of thioether (sulfide) groups is 1. The van der Waals surface area contributed by atoms with E-state index in [1.807, 2.05) is 6.26 Å². The van der Waals surface area contributed by atoms with Crippen molar-refractivity contribution in [1.82, 2.24) is 4.90 Å². The summed E-state index contributed by atoms with van der Waals surface area (Å²) in [6, 6.07) is 0. The van der Waals surface area contributed by atoms with E-state index in [-0.39, 0.29) is 0 Å². The molecule has 2 nitrogen and oxygen atoms in total. The zero-order valence-electron chi connectivity index (χ0n) is 4.47. The molecule has 0 saturated heterocycles. The summed E-state index contributed by atoms with van der Waals surface area (Å²) in [6.45, 7) is 0. The molecule has 7 heavy (non-hydrogen) atoms. The largest absolute Gasteiger partial charge is 0.328 e. The van der Waals surface area contributed by atoms with E-state index >= 15 is 0 Å². The van der Waals surface area contributed by atoms with E-state index in [1.54, 1.807) is 25.2 Å². The molecule has 0 atom stereocenters. The van der Waals surface area contributed by atoms with E-state index in [0.717, 1.165) is 5.88 Å². The van der Waals surface area contributed by atoms with Crippen LogP contribution in [0.1, 0.15) is 0 Å². The van der Waals surface area contributed by atoms with Crippen molar-refractivity contribution >= 4 is 18.2 Å². The minimum absolute atomic E-state index is 0.726. The lowest BCUT2D eigenvalue weighted by atomic mass is 11.0. The van der Waals surface area contributed by atoms with Gasteiger partial charge < -0.3 is 4.90 Å². The number of carbonyl (C=O) groups excluding carboxylic acids is 1. The molecule has 0 fully saturated rings. The van der Waals surface area contributed by atoms with Crippen molar-refractivity contribution in [1.29, 1.82) is 0 Å². The third-order valence-corrected chi connectivity index (χ3v) is 1.12. The van der Waals surface area contributed by atoms with Crippen molar-refractivity contribution in [2.75, 3.05) is 19.2 Å². The highest BCUT2D eigenvalue weighted by molar-refractivity contribution is 7.98. The second kappa shape index (κ2) is 3.99. The van der Waals surface area contributed by atoms with Crippen molar-refractivity contribution < 1.29 is 4.79 Å². The van der Waals surface area contributed by atoms with Crippen LogP contribution < -0.4 is 0 Å². The van der Waals surface area contributed by atoms with Crippen LogP contribution in [0.3, 0.4) is 0 Å². The summed E-state index contributed by atoms with van der Waals surface area (Å²) in [4.78, 5) is 11.1. The zero-order valence-corrected chi connectivity index (χ0v) is 5.29. The summed E-state index contributed by atoms with van der Waals surface area (Å²) in [7, 11) is 1.70. The Morgan fingerprint density at radius 3 is 2.57 bits per heavy atom. The molecule has 0 N–H and O–H groups in total. The van der Waals surface area contributed by atoms with Crippen LogP contribution in [0.2, 0.25) is 0 Å². The van der Waals surface area contributed by atoms with Crippen molar-refractivity contribution in [2.45, 2.75) is 0 Å². The fraction of sp³-hybridized carbons (Fsp3) is 0.750. The summed E-state index contributed by atoms with van der Waals surface area (Å²) >= 11 is 1.60. The topological polar surface area (TPSA) is 20.3 Å². The van der Waals surface area contributed by atoms with Gasteiger partial charge in [0.05, 0.1) is 5.88 Å². The van der Waals surface area contributed by atoms with Crippen LogP contribution in [0, 0.1) is 0 Å². The maximum atomic E-state index is 9.68.